The van der Waals surface area contributed by atoms with Gasteiger partial charge in [-0.15, -0.1) is 11.3 Å². The van der Waals surface area contributed by atoms with E-state index in [1.807, 2.05) is 0 Å². The lowest BCUT2D eigenvalue weighted by molar-refractivity contribution is -0.383. The molecule has 0 spiro atoms. The van der Waals surface area contributed by atoms with E-state index in [4.69, 9.17) is 5.73 Å². The van der Waals surface area contributed by atoms with Crippen molar-refractivity contribution >= 4 is 28.6 Å². The number of nitro groups is 1. The highest BCUT2D eigenvalue weighted by Gasteiger charge is 2.16. The fraction of sp³-hybridized carbons (Fsp3) is 0.412. The second-order valence-electron chi connectivity index (χ2n) is 6.07. The standard InChI is InChI=1S/C17H20N4O3S/c18-12-8-7-11(10-14(12)21(23)24)17(22)19-9-3-6-16-20-13-4-1-2-5-15(13)25-16/h7-8,10H,1-6,9,18H2,(H,19,22). The van der Waals surface area contributed by atoms with Crippen LogP contribution in [0.4, 0.5) is 11.4 Å². The number of nitrogen functional groups attached to an aromatic ring is 1. The van der Waals surface area contributed by atoms with Gasteiger partial charge in [0.25, 0.3) is 11.6 Å². The zero-order chi connectivity index (χ0) is 17.8. The molecule has 0 fully saturated rings. The molecule has 0 bridgehead atoms. The zero-order valence-corrected chi connectivity index (χ0v) is 14.6. The topological polar surface area (TPSA) is 111 Å². The molecule has 0 unspecified atom stereocenters. The average molecular weight is 360 g/mol. The maximum Gasteiger partial charge on any atom is 0.292 e. The number of rotatable bonds is 6. The highest BCUT2D eigenvalue weighted by Crippen LogP contribution is 2.27. The predicted octanol–water partition coefficient (Wildman–Crippen LogP) is 2.87. The monoisotopic (exact) mass is 360 g/mol. The summed E-state index contributed by atoms with van der Waals surface area (Å²) in [5.41, 5.74) is 6.84. The van der Waals surface area contributed by atoms with E-state index in [1.54, 1.807) is 11.3 Å². The summed E-state index contributed by atoms with van der Waals surface area (Å²) in [7, 11) is 0. The molecular formula is C17H20N4O3S. The summed E-state index contributed by atoms with van der Waals surface area (Å²) in [6.07, 6.45) is 6.31. The zero-order valence-electron chi connectivity index (χ0n) is 13.8. The SMILES string of the molecule is Nc1ccc(C(=O)NCCCc2nc3c(s2)CCCC3)cc1[N+](=O)[O-]. The molecule has 132 valence electrons. The summed E-state index contributed by atoms with van der Waals surface area (Å²) in [6, 6.07) is 4.08. The number of anilines is 1. The first-order chi connectivity index (χ1) is 12.0. The second-order valence-corrected chi connectivity index (χ2v) is 7.24. The van der Waals surface area contributed by atoms with Gasteiger partial charge in [-0.05, 0) is 44.2 Å². The molecule has 8 heteroatoms. The Hall–Kier alpha value is -2.48. The van der Waals surface area contributed by atoms with Crippen LogP contribution in [-0.2, 0) is 19.3 Å². The molecule has 1 aliphatic rings. The Balaban J connectivity index is 1.50. The number of benzene rings is 1. The number of nitrogens with two attached hydrogens (primary N) is 1. The van der Waals surface area contributed by atoms with Gasteiger partial charge in [0, 0.05) is 29.5 Å². The number of nitrogens with one attached hydrogen (secondary N) is 1. The number of nitro benzene ring substituents is 1. The first-order valence-corrected chi connectivity index (χ1v) is 9.16. The number of fused-ring (bicyclic) bond motifs is 1. The van der Waals surface area contributed by atoms with Crippen molar-refractivity contribution in [3.05, 3.63) is 49.5 Å². The van der Waals surface area contributed by atoms with E-state index in [1.165, 1.54) is 41.6 Å². The number of nitrogens with zero attached hydrogens (tertiary/aromatic N) is 2. The lowest BCUT2D eigenvalue weighted by Crippen LogP contribution is -2.24. The van der Waals surface area contributed by atoms with Gasteiger partial charge in [0.15, 0.2) is 0 Å². The first-order valence-electron chi connectivity index (χ1n) is 8.34. The van der Waals surface area contributed by atoms with Gasteiger partial charge in [0.05, 0.1) is 15.6 Å². The molecule has 2 aromatic rings. The molecular weight excluding hydrogens is 340 g/mol. The maximum absolute atomic E-state index is 12.1. The van der Waals surface area contributed by atoms with Crippen molar-refractivity contribution in [3.63, 3.8) is 0 Å². The molecule has 1 aliphatic carbocycles. The minimum Gasteiger partial charge on any atom is -0.393 e. The quantitative estimate of drug-likeness (QED) is 0.356. The normalized spacial score (nSPS) is 13.3. The van der Waals surface area contributed by atoms with E-state index in [2.05, 4.69) is 10.3 Å². The summed E-state index contributed by atoms with van der Waals surface area (Å²) in [5, 5.41) is 14.8. The van der Waals surface area contributed by atoms with Gasteiger partial charge in [-0.1, -0.05) is 0 Å². The predicted molar refractivity (Wildman–Crippen MR) is 96.9 cm³/mol. The van der Waals surface area contributed by atoms with Crippen LogP contribution in [0.1, 0.15) is 45.2 Å². The number of carbonyl (C=O) groups excluding carboxylic acids is 1. The first kappa shape index (κ1) is 17.3. The summed E-state index contributed by atoms with van der Waals surface area (Å²) in [4.78, 5) is 28.5. The second kappa shape index (κ2) is 7.60. The van der Waals surface area contributed by atoms with Gasteiger partial charge in [-0.3, -0.25) is 14.9 Å². The smallest absolute Gasteiger partial charge is 0.292 e. The third kappa shape index (κ3) is 4.14. The summed E-state index contributed by atoms with van der Waals surface area (Å²) >= 11 is 1.78. The Morgan fingerprint density at radius 1 is 1.36 bits per heavy atom. The minimum atomic E-state index is -0.587. The van der Waals surface area contributed by atoms with Crippen LogP contribution in [0.2, 0.25) is 0 Å². The number of carbonyl (C=O) groups is 1. The Morgan fingerprint density at radius 3 is 2.92 bits per heavy atom. The van der Waals surface area contributed by atoms with Crippen molar-refractivity contribution in [2.75, 3.05) is 12.3 Å². The molecule has 0 atom stereocenters. The molecule has 3 N–H and O–H groups in total. The van der Waals surface area contributed by atoms with Gasteiger partial charge in [-0.25, -0.2) is 4.98 Å². The van der Waals surface area contributed by atoms with Crippen molar-refractivity contribution in [2.24, 2.45) is 0 Å². The number of thiazole rings is 1. The Morgan fingerprint density at radius 2 is 2.16 bits per heavy atom. The van der Waals surface area contributed by atoms with Gasteiger partial charge in [0.2, 0.25) is 0 Å². The van der Waals surface area contributed by atoms with Crippen molar-refractivity contribution in [1.29, 1.82) is 0 Å². The van der Waals surface area contributed by atoms with Crippen LogP contribution < -0.4 is 11.1 Å². The van der Waals surface area contributed by atoms with Crippen molar-refractivity contribution < 1.29 is 9.72 Å². The maximum atomic E-state index is 12.1. The molecule has 1 amide bonds. The van der Waals surface area contributed by atoms with Crippen LogP contribution in [0.25, 0.3) is 0 Å². The number of aromatic nitrogens is 1. The number of hydrogen-bond donors (Lipinski definition) is 2. The number of amides is 1. The molecule has 1 aromatic carbocycles. The van der Waals surface area contributed by atoms with Crippen molar-refractivity contribution in [3.8, 4) is 0 Å². The summed E-state index contributed by atoms with van der Waals surface area (Å²) < 4.78 is 0. The fourth-order valence-corrected chi connectivity index (χ4v) is 4.10. The van der Waals surface area contributed by atoms with Crippen molar-refractivity contribution in [1.82, 2.24) is 10.3 Å². The highest BCUT2D eigenvalue weighted by molar-refractivity contribution is 7.11. The van der Waals surface area contributed by atoms with Gasteiger partial charge in [-0.2, -0.15) is 0 Å². The third-order valence-electron chi connectivity index (χ3n) is 4.23. The molecule has 3 rings (SSSR count). The average Bonchev–Trinajstić information content (AvgIpc) is 3.01. The van der Waals surface area contributed by atoms with Crippen LogP contribution in [0.5, 0.6) is 0 Å². The third-order valence-corrected chi connectivity index (χ3v) is 5.45. The van der Waals surface area contributed by atoms with Crippen LogP contribution in [0, 0.1) is 10.1 Å². The molecule has 25 heavy (non-hydrogen) atoms. The lowest BCUT2D eigenvalue weighted by Gasteiger charge is -2.06. The van der Waals surface area contributed by atoms with Crippen molar-refractivity contribution in [2.45, 2.75) is 38.5 Å². The van der Waals surface area contributed by atoms with Crippen LogP contribution in [-0.4, -0.2) is 22.4 Å². The molecule has 1 aromatic heterocycles. The van der Waals surface area contributed by atoms with Crippen LogP contribution in [0.3, 0.4) is 0 Å². The number of aryl methyl sites for hydroxylation is 3. The van der Waals surface area contributed by atoms with Gasteiger partial charge in [0.1, 0.15) is 5.69 Å². The van der Waals surface area contributed by atoms with E-state index < -0.39 is 4.92 Å². The van der Waals surface area contributed by atoms with Crippen LogP contribution >= 0.6 is 11.3 Å². The lowest BCUT2D eigenvalue weighted by atomic mass is 10.0. The molecule has 7 nitrogen and oxygen atoms in total. The Kier molecular flexibility index (Phi) is 5.28. The molecule has 0 saturated carbocycles. The van der Waals surface area contributed by atoms with Crippen LogP contribution in [0.15, 0.2) is 18.2 Å². The number of hydrogen-bond acceptors (Lipinski definition) is 6. The van der Waals surface area contributed by atoms with E-state index in [0.29, 0.717) is 6.54 Å². The fourth-order valence-electron chi connectivity index (χ4n) is 2.90. The van der Waals surface area contributed by atoms with E-state index >= 15 is 0 Å². The van der Waals surface area contributed by atoms with E-state index in [9.17, 15) is 14.9 Å². The molecule has 1 heterocycles. The van der Waals surface area contributed by atoms with E-state index in [0.717, 1.165) is 30.7 Å². The molecule has 0 radical (unpaired) electrons. The largest absolute Gasteiger partial charge is 0.393 e. The van der Waals surface area contributed by atoms with Gasteiger partial charge < -0.3 is 11.1 Å². The minimum absolute atomic E-state index is 0.0503. The molecule has 0 aliphatic heterocycles. The van der Waals surface area contributed by atoms with Gasteiger partial charge >= 0.3 is 0 Å². The summed E-state index contributed by atoms with van der Waals surface area (Å²) in [6.45, 7) is 0.501. The Bertz CT molecular complexity index is 780. The molecule has 0 saturated heterocycles. The highest BCUT2D eigenvalue weighted by atomic mass is 32.1. The summed E-state index contributed by atoms with van der Waals surface area (Å²) in [5.74, 6) is -0.332. The Labute approximate surface area is 149 Å². The van der Waals surface area contributed by atoms with E-state index in [-0.39, 0.29) is 22.8 Å².